The number of fused-ring (bicyclic) bond motifs is 1. The van der Waals surface area contributed by atoms with Crippen molar-refractivity contribution in [3.63, 3.8) is 0 Å². The van der Waals surface area contributed by atoms with Crippen LogP contribution >= 0.6 is 0 Å². The first-order chi connectivity index (χ1) is 15.2. The summed E-state index contributed by atoms with van der Waals surface area (Å²) in [5.74, 6) is 2.21. The van der Waals surface area contributed by atoms with Crippen molar-refractivity contribution in [1.29, 1.82) is 0 Å². The number of benzene rings is 1. The fourth-order valence-electron chi connectivity index (χ4n) is 5.35. The highest BCUT2D eigenvalue weighted by Crippen LogP contribution is 2.44. The van der Waals surface area contributed by atoms with Gasteiger partial charge in [-0.25, -0.2) is 9.97 Å². The number of nitrogens with two attached hydrogens (primary N) is 1. The van der Waals surface area contributed by atoms with Crippen molar-refractivity contribution in [2.45, 2.75) is 71.6 Å². The maximum atomic E-state index is 13.3. The van der Waals surface area contributed by atoms with Gasteiger partial charge in [-0.15, -0.1) is 0 Å². The quantitative estimate of drug-likeness (QED) is 0.585. The average molecular weight is 436 g/mol. The van der Waals surface area contributed by atoms with Crippen molar-refractivity contribution in [2.24, 2.45) is 17.3 Å². The van der Waals surface area contributed by atoms with Crippen LogP contribution in [0.5, 0.6) is 0 Å². The highest BCUT2D eigenvalue weighted by molar-refractivity contribution is 5.97. The van der Waals surface area contributed by atoms with E-state index >= 15 is 0 Å². The SMILES string of the molecule is C[C@@H]1CCC(C)(C)C(=O)N(C)c2cnc(Nc3ccc(N)cc3)nc2C1CC1CCCC1. The lowest BCUT2D eigenvalue weighted by Gasteiger charge is -2.29. The lowest BCUT2D eigenvalue weighted by Crippen LogP contribution is -2.38. The lowest BCUT2D eigenvalue weighted by atomic mass is 9.77. The van der Waals surface area contributed by atoms with Crippen molar-refractivity contribution < 1.29 is 4.79 Å². The van der Waals surface area contributed by atoms with Gasteiger partial charge >= 0.3 is 0 Å². The molecule has 2 heterocycles. The van der Waals surface area contributed by atoms with Gasteiger partial charge in [0.1, 0.15) is 0 Å². The summed E-state index contributed by atoms with van der Waals surface area (Å²) in [5.41, 5.74) is 8.90. The zero-order chi connectivity index (χ0) is 22.9. The lowest BCUT2D eigenvalue weighted by molar-refractivity contribution is -0.126. The summed E-state index contributed by atoms with van der Waals surface area (Å²) < 4.78 is 0. The van der Waals surface area contributed by atoms with E-state index in [0.717, 1.165) is 47.9 Å². The number of aromatic nitrogens is 2. The summed E-state index contributed by atoms with van der Waals surface area (Å²) in [4.78, 5) is 24.8. The predicted molar refractivity (Wildman–Crippen MR) is 131 cm³/mol. The Morgan fingerprint density at radius 1 is 1.16 bits per heavy atom. The number of nitrogens with zero attached hydrogens (tertiary/aromatic N) is 3. The molecule has 6 heteroatoms. The molecule has 172 valence electrons. The number of carbonyl (C=O) groups excluding carboxylic acids is 1. The third-order valence-electron chi connectivity index (χ3n) is 7.53. The summed E-state index contributed by atoms with van der Waals surface area (Å²) in [6, 6.07) is 7.58. The second-order valence-electron chi connectivity index (χ2n) is 10.5. The molecule has 0 radical (unpaired) electrons. The van der Waals surface area contributed by atoms with E-state index < -0.39 is 5.41 Å². The van der Waals surface area contributed by atoms with E-state index in [-0.39, 0.29) is 5.91 Å². The maximum Gasteiger partial charge on any atom is 0.232 e. The second-order valence-corrected chi connectivity index (χ2v) is 10.5. The van der Waals surface area contributed by atoms with Crippen LogP contribution < -0.4 is 16.0 Å². The van der Waals surface area contributed by atoms with Crippen molar-refractivity contribution in [3.8, 4) is 0 Å². The van der Waals surface area contributed by atoms with Crippen LogP contribution in [0.15, 0.2) is 30.5 Å². The molecule has 1 saturated carbocycles. The Hall–Kier alpha value is -2.63. The Labute approximate surface area is 192 Å². The van der Waals surface area contributed by atoms with Crippen molar-refractivity contribution in [2.75, 3.05) is 23.0 Å². The zero-order valence-electron chi connectivity index (χ0n) is 19.9. The monoisotopic (exact) mass is 435 g/mol. The van der Waals surface area contributed by atoms with E-state index in [1.54, 1.807) is 4.90 Å². The van der Waals surface area contributed by atoms with E-state index in [1.165, 1.54) is 25.7 Å². The highest BCUT2D eigenvalue weighted by Gasteiger charge is 2.38. The van der Waals surface area contributed by atoms with E-state index in [2.05, 4.69) is 31.1 Å². The molecule has 1 aromatic heterocycles. The molecule has 32 heavy (non-hydrogen) atoms. The topological polar surface area (TPSA) is 84.1 Å². The zero-order valence-corrected chi connectivity index (χ0v) is 19.9. The third-order valence-corrected chi connectivity index (χ3v) is 7.53. The van der Waals surface area contributed by atoms with Crippen LogP contribution in [0.2, 0.25) is 0 Å². The van der Waals surface area contributed by atoms with Crippen molar-refractivity contribution >= 4 is 28.9 Å². The smallest absolute Gasteiger partial charge is 0.232 e. The molecule has 2 atom stereocenters. The molecule has 2 aromatic rings. The van der Waals surface area contributed by atoms with Crippen LogP contribution in [0.3, 0.4) is 0 Å². The summed E-state index contributed by atoms with van der Waals surface area (Å²) in [5, 5.41) is 3.32. The van der Waals surface area contributed by atoms with Crippen molar-refractivity contribution in [3.05, 3.63) is 36.2 Å². The molecule has 1 unspecified atom stereocenters. The Balaban J connectivity index is 1.75. The standard InChI is InChI=1S/C26H37N5O/c1-17-13-14-26(2,3)24(32)31(4)22-16-28-25(29-20-11-9-19(27)10-12-20)30-23(22)21(17)15-18-7-5-6-8-18/h9-12,16-18,21H,5-8,13-15,27H2,1-4H3,(H,28,29,30)/t17-,21?/m1/s1. The molecule has 1 amide bonds. The largest absolute Gasteiger partial charge is 0.399 e. The normalized spacial score (nSPS) is 23.9. The van der Waals surface area contributed by atoms with Crippen LogP contribution in [0.4, 0.5) is 23.0 Å². The fraction of sp³-hybridized carbons (Fsp3) is 0.577. The van der Waals surface area contributed by atoms with Crippen molar-refractivity contribution in [1.82, 2.24) is 9.97 Å². The molecule has 1 aromatic carbocycles. The van der Waals surface area contributed by atoms with Crippen LogP contribution in [-0.2, 0) is 4.79 Å². The maximum absolute atomic E-state index is 13.3. The van der Waals surface area contributed by atoms with Gasteiger partial charge in [-0.2, -0.15) is 0 Å². The number of nitrogens with one attached hydrogen (secondary N) is 1. The molecule has 6 nitrogen and oxygen atoms in total. The van der Waals surface area contributed by atoms with Crippen LogP contribution in [0.1, 0.15) is 77.3 Å². The first kappa shape index (κ1) is 22.6. The number of amides is 1. The molecule has 1 fully saturated rings. The van der Waals surface area contributed by atoms with Gasteiger partial charge in [0.2, 0.25) is 11.9 Å². The summed E-state index contributed by atoms with van der Waals surface area (Å²) >= 11 is 0. The first-order valence-corrected chi connectivity index (χ1v) is 12.0. The third kappa shape index (κ3) is 4.74. The Morgan fingerprint density at radius 3 is 2.53 bits per heavy atom. The van der Waals surface area contributed by atoms with Gasteiger partial charge in [-0.3, -0.25) is 4.79 Å². The van der Waals surface area contributed by atoms with Gasteiger partial charge in [-0.05, 0) is 55.4 Å². The van der Waals surface area contributed by atoms with Gasteiger partial charge in [0, 0.05) is 29.8 Å². The number of hydrogen-bond acceptors (Lipinski definition) is 5. The molecule has 0 saturated heterocycles. The Bertz CT molecular complexity index is 949. The van der Waals surface area contributed by atoms with Crippen LogP contribution in [0.25, 0.3) is 0 Å². The first-order valence-electron chi connectivity index (χ1n) is 12.0. The molecule has 4 rings (SSSR count). The second kappa shape index (κ2) is 9.08. The summed E-state index contributed by atoms with van der Waals surface area (Å²) in [6.07, 6.45) is 10.1. The number of anilines is 4. The minimum atomic E-state index is -0.399. The molecule has 0 spiro atoms. The molecule has 2 aliphatic rings. The van der Waals surface area contributed by atoms with E-state index in [0.29, 0.717) is 17.8 Å². The molecule has 1 aliphatic carbocycles. The molecule has 3 N–H and O–H groups in total. The minimum Gasteiger partial charge on any atom is -0.399 e. The van der Waals surface area contributed by atoms with Gasteiger partial charge in [-0.1, -0.05) is 46.5 Å². The summed E-state index contributed by atoms with van der Waals surface area (Å²) in [6.45, 7) is 6.46. The number of nitrogen functional groups attached to an aromatic ring is 1. The van der Waals surface area contributed by atoms with Crippen LogP contribution in [0, 0.1) is 17.3 Å². The molecule has 1 aliphatic heterocycles. The molecule has 0 bridgehead atoms. The molecular weight excluding hydrogens is 398 g/mol. The predicted octanol–water partition coefficient (Wildman–Crippen LogP) is 5.89. The van der Waals surface area contributed by atoms with Gasteiger partial charge in [0.05, 0.1) is 17.6 Å². The van der Waals surface area contributed by atoms with Crippen LogP contribution in [-0.4, -0.2) is 22.9 Å². The average Bonchev–Trinajstić information content (AvgIpc) is 3.29. The van der Waals surface area contributed by atoms with Gasteiger partial charge in [0.25, 0.3) is 0 Å². The summed E-state index contributed by atoms with van der Waals surface area (Å²) in [7, 11) is 1.88. The molecular formula is C26H37N5O. The van der Waals surface area contributed by atoms with E-state index in [1.807, 2.05) is 37.5 Å². The Morgan fingerprint density at radius 2 is 1.84 bits per heavy atom. The van der Waals surface area contributed by atoms with Gasteiger partial charge < -0.3 is 16.0 Å². The minimum absolute atomic E-state index is 0.135. The highest BCUT2D eigenvalue weighted by atomic mass is 16.2. The number of carbonyl (C=O) groups is 1. The number of hydrogen-bond donors (Lipinski definition) is 2. The fourth-order valence-corrected chi connectivity index (χ4v) is 5.35. The van der Waals surface area contributed by atoms with E-state index in [9.17, 15) is 4.79 Å². The number of rotatable bonds is 4. The van der Waals surface area contributed by atoms with E-state index in [4.69, 9.17) is 10.7 Å². The van der Waals surface area contributed by atoms with Gasteiger partial charge in [0.15, 0.2) is 0 Å². The Kier molecular flexibility index (Phi) is 6.40.